The molecular formula is C16H20N4O. The monoisotopic (exact) mass is 284 g/mol. The second-order valence-electron chi connectivity index (χ2n) is 5.70. The molecule has 1 amide bonds. The van der Waals surface area contributed by atoms with Crippen molar-refractivity contribution in [3.63, 3.8) is 0 Å². The third-order valence-electron chi connectivity index (χ3n) is 3.93. The van der Waals surface area contributed by atoms with Gasteiger partial charge in [-0.25, -0.2) is 9.67 Å². The molecule has 0 aromatic carbocycles. The van der Waals surface area contributed by atoms with Gasteiger partial charge in [-0.2, -0.15) is 5.10 Å². The van der Waals surface area contributed by atoms with Crippen LogP contribution in [0, 0.1) is 13.8 Å². The second kappa shape index (κ2) is 5.68. The zero-order valence-corrected chi connectivity index (χ0v) is 12.5. The van der Waals surface area contributed by atoms with Gasteiger partial charge in [-0.1, -0.05) is 12.8 Å². The van der Waals surface area contributed by atoms with Crippen LogP contribution in [0.25, 0.3) is 5.82 Å². The first-order chi connectivity index (χ1) is 10.1. The van der Waals surface area contributed by atoms with Crippen LogP contribution in [-0.2, 0) is 0 Å². The lowest BCUT2D eigenvalue weighted by Crippen LogP contribution is -2.32. The van der Waals surface area contributed by atoms with Crippen LogP contribution in [0.3, 0.4) is 0 Å². The molecule has 0 atom stereocenters. The molecule has 1 aliphatic carbocycles. The van der Waals surface area contributed by atoms with Gasteiger partial charge in [0.1, 0.15) is 0 Å². The number of aromatic nitrogens is 3. The van der Waals surface area contributed by atoms with Gasteiger partial charge in [-0.15, -0.1) is 0 Å². The summed E-state index contributed by atoms with van der Waals surface area (Å²) >= 11 is 0. The van der Waals surface area contributed by atoms with Gasteiger partial charge in [0, 0.05) is 17.9 Å². The smallest absolute Gasteiger partial charge is 0.253 e. The maximum atomic E-state index is 12.1. The van der Waals surface area contributed by atoms with Gasteiger partial charge in [0.15, 0.2) is 5.82 Å². The van der Waals surface area contributed by atoms with E-state index in [1.165, 1.54) is 12.8 Å². The molecule has 21 heavy (non-hydrogen) atoms. The van der Waals surface area contributed by atoms with Crippen LogP contribution in [0.5, 0.6) is 0 Å². The molecule has 0 bridgehead atoms. The quantitative estimate of drug-likeness (QED) is 0.942. The second-order valence-corrected chi connectivity index (χ2v) is 5.70. The molecule has 110 valence electrons. The van der Waals surface area contributed by atoms with Crippen molar-refractivity contribution in [1.82, 2.24) is 20.1 Å². The molecule has 3 rings (SSSR count). The fourth-order valence-corrected chi connectivity index (χ4v) is 2.85. The normalized spacial score (nSPS) is 15.3. The number of pyridine rings is 1. The highest BCUT2D eigenvalue weighted by Gasteiger charge is 2.18. The first-order valence-electron chi connectivity index (χ1n) is 7.44. The standard InChI is InChI=1S/C16H20N4O/c1-11-9-12(2)20(19-11)15-8-7-13(10-17-15)16(21)18-14-5-3-4-6-14/h7-10,14H,3-6H2,1-2H3,(H,18,21). The largest absolute Gasteiger partial charge is 0.349 e. The van der Waals surface area contributed by atoms with Crippen molar-refractivity contribution in [3.8, 4) is 5.82 Å². The number of nitrogens with zero attached hydrogens (tertiary/aromatic N) is 3. The van der Waals surface area contributed by atoms with Gasteiger partial charge in [0.05, 0.1) is 11.3 Å². The first kappa shape index (κ1) is 13.8. The maximum absolute atomic E-state index is 12.1. The Bertz CT molecular complexity index is 639. The van der Waals surface area contributed by atoms with E-state index in [2.05, 4.69) is 15.4 Å². The van der Waals surface area contributed by atoms with E-state index in [9.17, 15) is 4.79 Å². The van der Waals surface area contributed by atoms with E-state index in [4.69, 9.17) is 0 Å². The molecule has 5 heteroatoms. The van der Waals surface area contributed by atoms with E-state index in [-0.39, 0.29) is 5.91 Å². The number of hydrogen-bond acceptors (Lipinski definition) is 3. The highest BCUT2D eigenvalue weighted by atomic mass is 16.1. The number of carbonyl (C=O) groups is 1. The molecule has 2 heterocycles. The maximum Gasteiger partial charge on any atom is 0.253 e. The molecule has 1 N–H and O–H groups in total. The molecule has 0 spiro atoms. The van der Waals surface area contributed by atoms with Crippen molar-refractivity contribution in [1.29, 1.82) is 0 Å². The highest BCUT2D eigenvalue weighted by Crippen LogP contribution is 2.18. The molecule has 1 fully saturated rings. The van der Waals surface area contributed by atoms with E-state index < -0.39 is 0 Å². The van der Waals surface area contributed by atoms with Gasteiger partial charge in [-0.05, 0) is 44.9 Å². The molecule has 0 unspecified atom stereocenters. The van der Waals surface area contributed by atoms with Crippen LogP contribution >= 0.6 is 0 Å². The summed E-state index contributed by atoms with van der Waals surface area (Å²) in [6.45, 7) is 3.94. The van der Waals surface area contributed by atoms with E-state index in [1.807, 2.05) is 32.0 Å². The lowest BCUT2D eigenvalue weighted by atomic mass is 10.2. The van der Waals surface area contributed by atoms with Crippen molar-refractivity contribution in [3.05, 3.63) is 41.3 Å². The Morgan fingerprint density at radius 2 is 2.05 bits per heavy atom. The van der Waals surface area contributed by atoms with E-state index in [0.29, 0.717) is 11.6 Å². The van der Waals surface area contributed by atoms with Gasteiger partial charge in [0.25, 0.3) is 5.91 Å². The average Bonchev–Trinajstić information content (AvgIpc) is 3.08. The third-order valence-corrected chi connectivity index (χ3v) is 3.93. The summed E-state index contributed by atoms with van der Waals surface area (Å²) in [6.07, 6.45) is 6.21. The average molecular weight is 284 g/mol. The molecule has 0 saturated heterocycles. The Morgan fingerprint density at radius 3 is 2.62 bits per heavy atom. The highest BCUT2D eigenvalue weighted by molar-refractivity contribution is 5.94. The van der Waals surface area contributed by atoms with Crippen molar-refractivity contribution in [2.24, 2.45) is 0 Å². The van der Waals surface area contributed by atoms with Crippen molar-refractivity contribution in [2.45, 2.75) is 45.6 Å². The minimum absolute atomic E-state index is 0.0330. The van der Waals surface area contributed by atoms with E-state index in [0.717, 1.165) is 30.0 Å². The minimum Gasteiger partial charge on any atom is -0.349 e. The number of nitrogens with one attached hydrogen (secondary N) is 1. The van der Waals surface area contributed by atoms with E-state index >= 15 is 0 Å². The SMILES string of the molecule is Cc1cc(C)n(-c2ccc(C(=O)NC3CCCC3)cn2)n1. The number of aryl methyl sites for hydroxylation is 2. The summed E-state index contributed by atoms with van der Waals surface area (Å²) < 4.78 is 1.79. The van der Waals surface area contributed by atoms with Crippen molar-refractivity contribution < 1.29 is 4.79 Å². The molecule has 2 aromatic heterocycles. The zero-order valence-electron chi connectivity index (χ0n) is 12.5. The van der Waals surface area contributed by atoms with Crippen molar-refractivity contribution in [2.75, 3.05) is 0 Å². The summed E-state index contributed by atoms with van der Waals surface area (Å²) in [6, 6.07) is 5.97. The summed E-state index contributed by atoms with van der Waals surface area (Å²) in [5, 5.41) is 7.46. The molecule has 2 aromatic rings. The van der Waals surface area contributed by atoms with E-state index in [1.54, 1.807) is 10.9 Å². The van der Waals surface area contributed by atoms with Crippen LogP contribution in [0.4, 0.5) is 0 Å². The summed E-state index contributed by atoms with van der Waals surface area (Å²) in [7, 11) is 0. The van der Waals surface area contributed by atoms with Crippen LogP contribution in [0.15, 0.2) is 24.4 Å². The van der Waals surface area contributed by atoms with Crippen LogP contribution in [0.1, 0.15) is 47.4 Å². The molecule has 5 nitrogen and oxygen atoms in total. The number of amides is 1. The molecule has 1 aliphatic rings. The fourth-order valence-electron chi connectivity index (χ4n) is 2.85. The predicted octanol–water partition coefficient (Wildman–Crippen LogP) is 2.56. The van der Waals surface area contributed by atoms with Gasteiger partial charge < -0.3 is 5.32 Å². The summed E-state index contributed by atoms with van der Waals surface area (Å²) in [5.74, 6) is 0.701. The van der Waals surface area contributed by atoms with Crippen LogP contribution in [0.2, 0.25) is 0 Å². The Hall–Kier alpha value is -2.17. The lowest BCUT2D eigenvalue weighted by molar-refractivity contribution is 0.0937. The Labute approximate surface area is 124 Å². The Kier molecular flexibility index (Phi) is 3.73. The first-order valence-corrected chi connectivity index (χ1v) is 7.44. The third kappa shape index (κ3) is 2.96. The van der Waals surface area contributed by atoms with Crippen molar-refractivity contribution >= 4 is 5.91 Å². The summed E-state index contributed by atoms with van der Waals surface area (Å²) in [4.78, 5) is 16.5. The number of rotatable bonds is 3. The minimum atomic E-state index is -0.0330. The summed E-state index contributed by atoms with van der Waals surface area (Å²) in [5.41, 5.74) is 2.59. The molecular weight excluding hydrogens is 264 g/mol. The number of hydrogen-bond donors (Lipinski definition) is 1. The van der Waals surface area contributed by atoms with Gasteiger partial charge >= 0.3 is 0 Å². The topological polar surface area (TPSA) is 59.8 Å². The van der Waals surface area contributed by atoms with Gasteiger partial charge in [-0.3, -0.25) is 4.79 Å². The number of carbonyl (C=O) groups excluding carboxylic acids is 1. The predicted molar refractivity (Wildman–Crippen MR) is 80.6 cm³/mol. The molecule has 1 saturated carbocycles. The van der Waals surface area contributed by atoms with Crippen LogP contribution < -0.4 is 5.32 Å². The van der Waals surface area contributed by atoms with Gasteiger partial charge in [0.2, 0.25) is 0 Å². The fraction of sp³-hybridized carbons (Fsp3) is 0.438. The van der Waals surface area contributed by atoms with Crippen LogP contribution in [-0.4, -0.2) is 26.7 Å². The lowest BCUT2D eigenvalue weighted by Gasteiger charge is -2.12. The molecule has 0 radical (unpaired) electrons. The Balaban J connectivity index is 1.74. The Morgan fingerprint density at radius 1 is 1.29 bits per heavy atom. The molecule has 0 aliphatic heterocycles. The zero-order chi connectivity index (χ0) is 14.8.